The molecule has 0 amide bonds. The standard InChI is InChI=1S/C25H29ClO5/c1-17-6-3-2-4-8-19-15-21(16-22(19)23(27)11-13-24(28)30-17)31-25(29)12-10-18-7-5-9-20(26)14-18/h4-5,7-14,17,19,21-23,27H,2-3,6,15-16H2,1H3/b8-4+,12-10+,13-11+/t17-,19+,21-,22+,23+/m0/s1. The van der Waals surface area contributed by atoms with Crippen LogP contribution < -0.4 is 0 Å². The normalized spacial score (nSPS) is 31.6. The number of fused-ring (bicyclic) bond motifs is 1. The molecule has 1 aromatic rings. The van der Waals surface area contributed by atoms with E-state index in [1.165, 1.54) is 18.2 Å². The Kier molecular flexibility index (Phi) is 8.50. The van der Waals surface area contributed by atoms with Gasteiger partial charge in [0, 0.05) is 17.2 Å². The Bertz CT molecular complexity index is 859. The van der Waals surface area contributed by atoms with Crippen molar-refractivity contribution in [3.63, 3.8) is 0 Å². The van der Waals surface area contributed by atoms with Crippen molar-refractivity contribution in [1.29, 1.82) is 0 Å². The van der Waals surface area contributed by atoms with E-state index in [-0.39, 0.29) is 24.0 Å². The quantitative estimate of drug-likeness (QED) is 0.408. The molecule has 1 saturated carbocycles. The first-order valence-corrected chi connectivity index (χ1v) is 11.2. The van der Waals surface area contributed by atoms with E-state index in [0.29, 0.717) is 17.9 Å². The van der Waals surface area contributed by atoms with Gasteiger partial charge in [0.15, 0.2) is 0 Å². The maximum Gasteiger partial charge on any atom is 0.331 e. The molecule has 1 N–H and O–H groups in total. The van der Waals surface area contributed by atoms with E-state index in [1.54, 1.807) is 18.2 Å². The second kappa shape index (κ2) is 11.3. The van der Waals surface area contributed by atoms with Gasteiger partial charge < -0.3 is 14.6 Å². The van der Waals surface area contributed by atoms with E-state index < -0.39 is 18.0 Å². The predicted molar refractivity (Wildman–Crippen MR) is 120 cm³/mol. The predicted octanol–water partition coefficient (Wildman–Crippen LogP) is 4.88. The van der Waals surface area contributed by atoms with Gasteiger partial charge in [-0.05, 0) is 80.7 Å². The number of esters is 2. The minimum atomic E-state index is -0.816. The fraction of sp³-hybridized carbons (Fsp3) is 0.440. The SMILES string of the molecule is C[C@H]1CCC/C=C/[C@@H]2C[C@H](OC(=O)/C=C/c3cccc(Cl)c3)C[C@H]2[C@H](O)/C=C/C(=O)O1. The van der Waals surface area contributed by atoms with Crippen LogP contribution >= 0.6 is 11.6 Å². The van der Waals surface area contributed by atoms with E-state index in [9.17, 15) is 14.7 Å². The van der Waals surface area contributed by atoms with Crippen molar-refractivity contribution in [2.45, 2.75) is 57.3 Å². The molecule has 0 radical (unpaired) electrons. The molecule has 0 bridgehead atoms. The van der Waals surface area contributed by atoms with Crippen LogP contribution in [0.3, 0.4) is 0 Å². The highest BCUT2D eigenvalue weighted by Crippen LogP contribution is 2.38. The summed E-state index contributed by atoms with van der Waals surface area (Å²) in [6.45, 7) is 1.88. The van der Waals surface area contributed by atoms with Crippen LogP contribution in [-0.4, -0.2) is 35.4 Å². The molecule has 5 nitrogen and oxygen atoms in total. The smallest absolute Gasteiger partial charge is 0.331 e. The maximum atomic E-state index is 12.3. The third-order valence-electron chi connectivity index (χ3n) is 5.71. The summed E-state index contributed by atoms with van der Waals surface area (Å²) in [5, 5.41) is 11.3. The topological polar surface area (TPSA) is 72.8 Å². The zero-order chi connectivity index (χ0) is 22.2. The van der Waals surface area contributed by atoms with Crippen molar-refractivity contribution in [3.05, 3.63) is 65.2 Å². The van der Waals surface area contributed by atoms with Crippen LogP contribution in [0.1, 0.15) is 44.6 Å². The molecule has 2 aliphatic rings. The number of halogens is 1. The summed E-state index contributed by atoms with van der Waals surface area (Å²) in [5.41, 5.74) is 0.817. The molecular formula is C25H29ClO5. The van der Waals surface area contributed by atoms with Gasteiger partial charge in [0.05, 0.1) is 12.2 Å². The van der Waals surface area contributed by atoms with Crippen molar-refractivity contribution >= 4 is 29.6 Å². The molecule has 5 atom stereocenters. The Morgan fingerprint density at radius 1 is 1.29 bits per heavy atom. The zero-order valence-electron chi connectivity index (χ0n) is 17.7. The number of hydrogen-bond donors (Lipinski definition) is 1. The zero-order valence-corrected chi connectivity index (χ0v) is 18.4. The fourth-order valence-corrected chi connectivity index (χ4v) is 4.35. The van der Waals surface area contributed by atoms with Gasteiger partial charge in [-0.25, -0.2) is 9.59 Å². The molecule has 3 rings (SSSR count). The first kappa shape index (κ1) is 23.3. The molecule has 1 fully saturated rings. The first-order valence-electron chi connectivity index (χ1n) is 10.8. The lowest BCUT2D eigenvalue weighted by molar-refractivity contribution is -0.143. The molecule has 1 heterocycles. The summed E-state index contributed by atoms with van der Waals surface area (Å²) in [7, 11) is 0. The Morgan fingerprint density at radius 3 is 2.94 bits per heavy atom. The summed E-state index contributed by atoms with van der Waals surface area (Å²) >= 11 is 5.96. The summed E-state index contributed by atoms with van der Waals surface area (Å²) in [6.07, 6.45) is 12.6. The van der Waals surface area contributed by atoms with Gasteiger partial charge in [-0.2, -0.15) is 0 Å². The average Bonchev–Trinajstić information content (AvgIpc) is 3.12. The van der Waals surface area contributed by atoms with Crippen molar-refractivity contribution in [2.24, 2.45) is 11.8 Å². The lowest BCUT2D eigenvalue weighted by atomic mass is 9.90. The number of carbonyl (C=O) groups excluding carboxylic acids is 2. The molecule has 166 valence electrons. The van der Waals surface area contributed by atoms with E-state index in [1.807, 2.05) is 19.1 Å². The minimum absolute atomic E-state index is 0.0727. The van der Waals surface area contributed by atoms with Crippen LogP contribution in [0, 0.1) is 11.8 Å². The summed E-state index contributed by atoms with van der Waals surface area (Å²) in [5.74, 6) is -0.926. The molecule has 0 unspecified atom stereocenters. The van der Waals surface area contributed by atoms with E-state index in [2.05, 4.69) is 12.2 Å². The summed E-state index contributed by atoms with van der Waals surface area (Å²) in [4.78, 5) is 24.2. The summed E-state index contributed by atoms with van der Waals surface area (Å²) in [6, 6.07) is 7.20. The number of carbonyl (C=O) groups is 2. The number of aliphatic hydroxyl groups excluding tert-OH is 1. The highest BCUT2D eigenvalue weighted by atomic mass is 35.5. The number of hydrogen-bond acceptors (Lipinski definition) is 5. The fourth-order valence-electron chi connectivity index (χ4n) is 4.15. The van der Waals surface area contributed by atoms with Gasteiger partial charge in [-0.1, -0.05) is 35.9 Å². The van der Waals surface area contributed by atoms with Crippen LogP contribution in [0.15, 0.2) is 54.6 Å². The summed E-state index contributed by atoms with van der Waals surface area (Å²) < 4.78 is 11.0. The lowest BCUT2D eigenvalue weighted by Gasteiger charge is -2.19. The Morgan fingerprint density at radius 2 is 2.13 bits per heavy atom. The van der Waals surface area contributed by atoms with Gasteiger partial charge in [0.2, 0.25) is 0 Å². The number of rotatable bonds is 3. The molecule has 0 saturated heterocycles. The van der Waals surface area contributed by atoms with Gasteiger partial charge >= 0.3 is 11.9 Å². The number of benzene rings is 1. The van der Waals surface area contributed by atoms with E-state index in [4.69, 9.17) is 21.1 Å². The largest absolute Gasteiger partial charge is 0.460 e. The first-order chi connectivity index (χ1) is 14.9. The van der Waals surface area contributed by atoms with E-state index in [0.717, 1.165) is 24.8 Å². The lowest BCUT2D eigenvalue weighted by Crippen LogP contribution is -2.22. The molecule has 1 aliphatic carbocycles. The van der Waals surface area contributed by atoms with Crippen molar-refractivity contribution in [3.8, 4) is 0 Å². The average molecular weight is 445 g/mol. The molecule has 6 heteroatoms. The van der Waals surface area contributed by atoms with Crippen molar-refractivity contribution < 1.29 is 24.2 Å². The molecule has 1 aliphatic heterocycles. The van der Waals surface area contributed by atoms with Crippen LogP contribution in [0.4, 0.5) is 0 Å². The second-order valence-electron chi connectivity index (χ2n) is 8.20. The highest BCUT2D eigenvalue weighted by molar-refractivity contribution is 6.30. The molecule has 31 heavy (non-hydrogen) atoms. The maximum absolute atomic E-state index is 12.3. The molecule has 1 aromatic carbocycles. The minimum Gasteiger partial charge on any atom is -0.460 e. The van der Waals surface area contributed by atoms with Gasteiger partial charge in [-0.3, -0.25) is 0 Å². The van der Waals surface area contributed by atoms with Crippen molar-refractivity contribution in [2.75, 3.05) is 0 Å². The van der Waals surface area contributed by atoms with Crippen molar-refractivity contribution in [1.82, 2.24) is 0 Å². The Balaban J connectivity index is 1.63. The molecular weight excluding hydrogens is 416 g/mol. The molecule has 0 aromatic heterocycles. The van der Waals surface area contributed by atoms with Crippen LogP contribution in [0.25, 0.3) is 6.08 Å². The number of aliphatic hydroxyl groups is 1. The highest BCUT2D eigenvalue weighted by Gasteiger charge is 2.38. The van der Waals surface area contributed by atoms with Gasteiger partial charge in [0.1, 0.15) is 6.10 Å². The number of cyclic esters (lactones) is 1. The van der Waals surface area contributed by atoms with Crippen LogP contribution in [-0.2, 0) is 19.1 Å². The van der Waals surface area contributed by atoms with Crippen LogP contribution in [0.2, 0.25) is 5.02 Å². The van der Waals surface area contributed by atoms with E-state index >= 15 is 0 Å². The Hall–Kier alpha value is -2.37. The number of allylic oxidation sites excluding steroid dienone is 2. The monoisotopic (exact) mass is 444 g/mol. The molecule has 0 spiro atoms. The Labute approximate surface area is 188 Å². The third-order valence-corrected chi connectivity index (χ3v) is 5.95. The van der Waals surface area contributed by atoms with Crippen LogP contribution in [0.5, 0.6) is 0 Å². The van der Waals surface area contributed by atoms with Gasteiger partial charge in [-0.15, -0.1) is 0 Å². The van der Waals surface area contributed by atoms with Gasteiger partial charge in [0.25, 0.3) is 0 Å². The number of ether oxygens (including phenoxy) is 2. The second-order valence-corrected chi connectivity index (χ2v) is 8.64. The third kappa shape index (κ3) is 7.37.